The number of aromatic nitrogens is 6. The maximum atomic E-state index is 13.1. The number of nitrogens with zero attached hydrogens (tertiary/aromatic N) is 9. The number of aliphatic hydroxyl groups is 1. The van der Waals surface area contributed by atoms with Crippen LogP contribution in [0.2, 0.25) is 0 Å². The van der Waals surface area contributed by atoms with E-state index in [0.29, 0.717) is 65.3 Å². The van der Waals surface area contributed by atoms with E-state index in [-0.39, 0.29) is 40.0 Å². The molecule has 14 rings (SSSR count). The van der Waals surface area contributed by atoms with Crippen LogP contribution < -0.4 is 30.1 Å². The summed E-state index contributed by atoms with van der Waals surface area (Å²) in [7, 11) is -3.74. The van der Waals surface area contributed by atoms with Gasteiger partial charge in [0.2, 0.25) is 0 Å². The highest BCUT2D eigenvalue weighted by Crippen LogP contribution is 2.42. The van der Waals surface area contributed by atoms with E-state index in [2.05, 4.69) is 63.6 Å². The van der Waals surface area contributed by atoms with Crippen molar-refractivity contribution < 1.29 is 73.3 Å². The zero-order valence-corrected chi connectivity index (χ0v) is 61.9. The summed E-state index contributed by atoms with van der Waals surface area (Å²) in [6.45, 7) is 2.97. The number of aryl methyl sites for hydroxylation is 9. The number of fused-ring (bicyclic) bond motifs is 6. The van der Waals surface area contributed by atoms with E-state index in [1.54, 1.807) is 16.9 Å². The molecule has 34 heteroatoms. The molecule has 1 unspecified atom stereocenters. The molecule has 6 aliphatic carbocycles. The molecule has 0 saturated carbocycles. The summed E-state index contributed by atoms with van der Waals surface area (Å²) >= 11 is 0. The number of sulfonamides is 3. The molecule has 5 heterocycles. The van der Waals surface area contributed by atoms with Crippen LogP contribution in [0.1, 0.15) is 156 Å². The van der Waals surface area contributed by atoms with Crippen LogP contribution in [-0.4, -0.2) is 196 Å². The maximum Gasteiger partial charge on any atom is 0.333 e. The minimum Gasteiger partial charge on any atom is -0.393 e. The predicted molar refractivity (Wildman–Crippen MR) is 381 cm³/mol. The highest BCUT2D eigenvalue weighted by atomic mass is 32.2. The minimum absolute atomic E-state index is 0.0355. The van der Waals surface area contributed by atoms with Crippen LogP contribution in [0.5, 0.6) is 0 Å². The Morgan fingerprint density at radius 2 is 0.760 bits per heavy atom. The minimum atomic E-state index is -4.32. The highest BCUT2D eigenvalue weighted by Gasteiger charge is 2.36. The number of amides is 9. The van der Waals surface area contributed by atoms with Gasteiger partial charge in [0, 0.05) is 117 Å². The molecule has 0 bridgehead atoms. The number of likely N-dealkylation sites (tertiary alicyclic amines) is 2. The number of benzene rings is 3. The van der Waals surface area contributed by atoms with Gasteiger partial charge in [-0.1, -0.05) is 18.2 Å². The van der Waals surface area contributed by atoms with E-state index < -0.39 is 70.2 Å². The first kappa shape index (κ1) is 74.9. The standard InChI is InChI=1S/C24H33N5O6S.2C23H29N5O5S/c1-28-20(23(30)29(10-12-34-2)11-13-35-3)15-21(26-28)36(32,33)27-24(31)25-22-18-8-4-6-16(18)14-17-7-5-9-19(17)22;1-27-19(22(29)28-10-9-16(13-28)33-2)12-20(25-27)34(31,32)26-23(30)24-21-17-7-3-5-14(17)11-15-6-4-8-18(15)21;1-27-19(22(30)28-10-8-16(29)9-11-28)13-20(25-27)34(32,33)26-23(31)24-21-17-6-2-4-14(17)12-15-5-3-7-18(15)21/h14-15H,4-13H2,1-3H3,(H2,25,27,31);11-12,16H,3-10,13H2,1-2H3,(H2,24,26,30);12-13,16,29H,2-11H2,1H3,(H2,24,26,31). The molecule has 3 aromatic heterocycles. The van der Waals surface area contributed by atoms with Crippen LogP contribution in [0.3, 0.4) is 0 Å². The molecule has 0 radical (unpaired) electrons. The first-order chi connectivity index (χ1) is 49.7. The first-order valence-electron chi connectivity index (χ1n) is 35.4. The Bertz CT molecular complexity index is 4430. The maximum absolute atomic E-state index is 13.1. The average molecular weight is 1490 g/mol. The van der Waals surface area contributed by atoms with Crippen molar-refractivity contribution in [2.24, 2.45) is 21.1 Å². The van der Waals surface area contributed by atoms with Gasteiger partial charge in [-0.25, -0.2) is 28.5 Å². The molecule has 2 fully saturated rings. The fourth-order valence-corrected chi connectivity index (χ4v) is 18.2. The molecule has 9 amide bonds. The van der Waals surface area contributed by atoms with Gasteiger partial charge in [-0.2, -0.15) is 40.5 Å². The van der Waals surface area contributed by atoms with Crippen molar-refractivity contribution in [3.05, 3.63) is 120 Å². The Morgan fingerprint density at radius 3 is 1.08 bits per heavy atom. The van der Waals surface area contributed by atoms with Crippen molar-refractivity contribution in [3.63, 3.8) is 0 Å². The van der Waals surface area contributed by atoms with Crippen LogP contribution in [0, 0.1) is 0 Å². The quantitative estimate of drug-likeness (QED) is 0.0566. The Hall–Kier alpha value is -8.80. The molecule has 7 N–H and O–H groups in total. The smallest absolute Gasteiger partial charge is 0.333 e. The number of aliphatic hydroxyl groups excluding tert-OH is 1. The fraction of sp³-hybridized carbons (Fsp3) is 0.529. The number of nitrogens with one attached hydrogen (secondary N) is 6. The summed E-state index contributed by atoms with van der Waals surface area (Å²) in [6.07, 6.45) is 18.4. The van der Waals surface area contributed by atoms with Gasteiger partial charge in [0.05, 0.1) is 25.4 Å². The van der Waals surface area contributed by atoms with Gasteiger partial charge >= 0.3 is 18.1 Å². The topological polar surface area (TPSA) is 388 Å². The molecule has 1 atom stereocenters. The predicted octanol–water partition coefficient (Wildman–Crippen LogP) is 4.92. The number of carbonyl (C=O) groups is 6. The van der Waals surface area contributed by atoms with Gasteiger partial charge in [0.15, 0.2) is 15.1 Å². The number of hydrogen-bond acceptors (Lipinski definition) is 19. The third-order valence-corrected chi connectivity index (χ3v) is 24.4. The molecule has 31 nitrogen and oxygen atoms in total. The zero-order valence-electron chi connectivity index (χ0n) is 59.4. The van der Waals surface area contributed by atoms with Gasteiger partial charge in [-0.05, 0) is 202 Å². The molecule has 6 aromatic rings. The SMILES string of the molecule is COC1CCN(C(=O)c2cc(S(=O)(=O)NC(=O)Nc3c4c(cc5c3CCC5)CCC4)nn2C)C1.COCCN(CCOC)C(=O)c1cc(S(=O)(=O)NC(=O)Nc2c3c(cc4c2CCC4)CCC3)nn1C.Cn1nc(S(=O)(=O)NC(=O)Nc2c3c(cc4c2CCC4)CCC3)cc1C(=O)N1CCC(O)CC1. The summed E-state index contributed by atoms with van der Waals surface area (Å²) in [6, 6.07) is 7.77. The highest BCUT2D eigenvalue weighted by molar-refractivity contribution is 7.90. The van der Waals surface area contributed by atoms with E-state index in [1.165, 1.54) is 106 Å². The van der Waals surface area contributed by atoms with Gasteiger partial charge in [0.1, 0.15) is 17.1 Å². The van der Waals surface area contributed by atoms with E-state index in [4.69, 9.17) is 14.2 Å². The number of rotatable bonds is 19. The van der Waals surface area contributed by atoms with E-state index >= 15 is 0 Å². The van der Waals surface area contributed by atoms with Gasteiger partial charge in [-0.15, -0.1) is 0 Å². The molecule has 2 aliphatic heterocycles. The number of hydrogen-bond donors (Lipinski definition) is 7. The van der Waals surface area contributed by atoms with Crippen molar-refractivity contribution in [2.75, 3.05) is 89.8 Å². The van der Waals surface area contributed by atoms with Crippen LogP contribution in [-0.2, 0) is 142 Å². The summed E-state index contributed by atoms with van der Waals surface area (Å²) in [4.78, 5) is 81.8. The average Bonchev–Trinajstić information content (AvgIpc) is 1.61. The number of ether oxygens (including phenoxy) is 3. The van der Waals surface area contributed by atoms with Crippen LogP contribution in [0.15, 0.2) is 51.5 Å². The number of anilines is 3. The Kier molecular flexibility index (Phi) is 22.7. The summed E-state index contributed by atoms with van der Waals surface area (Å²) in [5.41, 5.74) is 16.6. The summed E-state index contributed by atoms with van der Waals surface area (Å²) in [5.74, 6) is -1.10. The summed E-state index contributed by atoms with van der Waals surface area (Å²) in [5, 5.41) is 28.9. The molecule has 104 heavy (non-hydrogen) atoms. The van der Waals surface area contributed by atoms with Gasteiger partial charge < -0.3 is 50.0 Å². The number of methoxy groups -OCH3 is 3. The Labute approximate surface area is 604 Å². The number of piperidine rings is 1. The van der Waals surface area contributed by atoms with Crippen molar-refractivity contribution in [1.29, 1.82) is 0 Å². The molecule has 3 aromatic carbocycles. The van der Waals surface area contributed by atoms with E-state index in [1.807, 2.05) is 0 Å². The van der Waals surface area contributed by atoms with Crippen molar-refractivity contribution in [2.45, 2.75) is 162 Å². The second kappa shape index (κ2) is 31.5. The van der Waals surface area contributed by atoms with Gasteiger partial charge in [0.25, 0.3) is 47.8 Å². The molecule has 0 spiro atoms. The van der Waals surface area contributed by atoms with Crippen molar-refractivity contribution >= 4 is 82.9 Å². The largest absolute Gasteiger partial charge is 0.393 e. The molecule has 8 aliphatic rings. The van der Waals surface area contributed by atoms with E-state index in [9.17, 15) is 59.1 Å². The van der Waals surface area contributed by atoms with Gasteiger partial charge in [-0.3, -0.25) is 28.4 Å². The fourth-order valence-electron chi connectivity index (χ4n) is 15.5. The second-order valence-corrected chi connectivity index (χ2v) is 32.4. The molecular weight excluding hydrogens is 1400 g/mol. The van der Waals surface area contributed by atoms with Crippen LogP contribution in [0.4, 0.5) is 31.4 Å². The normalized spacial score (nSPS) is 17.2. The van der Waals surface area contributed by atoms with E-state index in [0.717, 1.165) is 172 Å². The van der Waals surface area contributed by atoms with Crippen LogP contribution in [0.25, 0.3) is 0 Å². The lowest BCUT2D eigenvalue weighted by Gasteiger charge is -2.29. The molecular formula is C70H91N15O16S3. The third kappa shape index (κ3) is 16.2. The second-order valence-electron chi connectivity index (χ2n) is 27.6. The third-order valence-electron chi connectivity index (χ3n) is 20.8. The lowest BCUT2D eigenvalue weighted by molar-refractivity contribution is 0.0536. The Morgan fingerprint density at radius 1 is 0.452 bits per heavy atom. The monoisotopic (exact) mass is 1490 g/mol. The van der Waals surface area contributed by atoms with Crippen LogP contribution >= 0.6 is 0 Å². The van der Waals surface area contributed by atoms with Crippen molar-refractivity contribution in [1.82, 2.24) is 58.2 Å². The molecule has 560 valence electrons. The number of carbonyl (C=O) groups excluding carboxylic acids is 6. The number of urea groups is 3. The van der Waals surface area contributed by atoms with Crippen molar-refractivity contribution in [3.8, 4) is 0 Å². The lowest BCUT2D eigenvalue weighted by Crippen LogP contribution is -2.40. The molecule has 2 saturated heterocycles. The summed E-state index contributed by atoms with van der Waals surface area (Å²) < 4.78 is 103. The lowest BCUT2D eigenvalue weighted by atomic mass is 9.99. The Balaban J connectivity index is 0.000000147. The first-order valence-corrected chi connectivity index (χ1v) is 39.9. The zero-order chi connectivity index (χ0) is 73.9.